The summed E-state index contributed by atoms with van der Waals surface area (Å²) in [5, 5.41) is 6.95. The smallest absolute Gasteiger partial charge is 0.346 e. The van der Waals surface area contributed by atoms with Gasteiger partial charge in [-0.3, -0.25) is 0 Å². The van der Waals surface area contributed by atoms with Crippen molar-refractivity contribution >= 4 is 50.7 Å². The van der Waals surface area contributed by atoms with E-state index in [1.165, 1.54) is 28.7 Å². The van der Waals surface area contributed by atoms with E-state index in [2.05, 4.69) is 30.3 Å². The molecule has 27 heavy (non-hydrogen) atoms. The van der Waals surface area contributed by atoms with Crippen LogP contribution in [-0.2, 0) is 0 Å². The highest BCUT2D eigenvalue weighted by Crippen LogP contribution is 2.36. The number of hydrogen-bond acceptors (Lipinski definition) is 3. The lowest BCUT2D eigenvalue weighted by Gasteiger charge is -2.11. The highest BCUT2D eigenvalue weighted by molar-refractivity contribution is 6.25. The van der Waals surface area contributed by atoms with E-state index in [0.717, 1.165) is 16.2 Å². The molecule has 5 aromatic rings. The van der Waals surface area contributed by atoms with Gasteiger partial charge in [0.25, 0.3) is 0 Å². The Bertz CT molecular complexity index is 1240. The van der Waals surface area contributed by atoms with Gasteiger partial charge in [-0.25, -0.2) is 4.79 Å². The third-order valence-electron chi connectivity index (χ3n) is 4.68. The molecule has 0 N–H and O–H groups in total. The number of halogens is 1. The van der Waals surface area contributed by atoms with Gasteiger partial charge in [0.2, 0.25) is 0 Å². The Balaban J connectivity index is 0.00000180. The molecule has 5 rings (SSSR count). The summed E-state index contributed by atoms with van der Waals surface area (Å²) in [6.45, 7) is 0. The van der Waals surface area contributed by atoms with E-state index in [9.17, 15) is 4.79 Å². The Morgan fingerprint density at radius 1 is 0.704 bits per heavy atom. The van der Waals surface area contributed by atoms with E-state index < -0.39 is 5.97 Å². The largest absolute Gasteiger partial charge is 0.472 e. The Kier molecular flexibility index (Phi) is 4.30. The number of furan rings is 1. The van der Waals surface area contributed by atoms with Crippen molar-refractivity contribution in [2.45, 2.75) is 0 Å². The van der Waals surface area contributed by atoms with E-state index in [-0.39, 0.29) is 12.4 Å². The molecule has 0 unspecified atom stereocenters. The van der Waals surface area contributed by atoms with Gasteiger partial charge < -0.3 is 9.15 Å². The molecular weight excluding hydrogens is 360 g/mol. The van der Waals surface area contributed by atoms with Gasteiger partial charge in [-0.05, 0) is 50.5 Å². The zero-order valence-corrected chi connectivity index (χ0v) is 15.0. The molecular formula is C23H15ClO3. The molecule has 0 saturated heterocycles. The lowest BCUT2D eigenvalue weighted by Crippen LogP contribution is -2.06. The summed E-state index contributed by atoms with van der Waals surface area (Å²) >= 11 is 0. The first-order valence-electron chi connectivity index (χ1n) is 8.39. The van der Waals surface area contributed by atoms with Gasteiger partial charge >= 0.3 is 5.97 Å². The van der Waals surface area contributed by atoms with Crippen molar-refractivity contribution in [2.24, 2.45) is 0 Å². The predicted molar refractivity (Wildman–Crippen MR) is 110 cm³/mol. The molecule has 0 atom stereocenters. The Labute approximate surface area is 161 Å². The number of carbonyl (C=O) groups is 1. The minimum atomic E-state index is -0.428. The Hall–Kier alpha value is -3.30. The first kappa shape index (κ1) is 17.1. The molecule has 3 nitrogen and oxygen atoms in total. The minimum absolute atomic E-state index is 0. The third-order valence-corrected chi connectivity index (χ3v) is 4.68. The van der Waals surface area contributed by atoms with Crippen LogP contribution < -0.4 is 4.74 Å². The molecule has 0 bridgehead atoms. The maximum atomic E-state index is 12.2. The van der Waals surface area contributed by atoms with Gasteiger partial charge in [0.15, 0.2) is 0 Å². The predicted octanol–water partition coefficient (Wildman–Crippen LogP) is 6.38. The average Bonchev–Trinajstić information content (AvgIpc) is 3.23. The van der Waals surface area contributed by atoms with E-state index in [0.29, 0.717) is 11.3 Å². The molecule has 0 fully saturated rings. The van der Waals surface area contributed by atoms with Crippen LogP contribution in [0.2, 0.25) is 0 Å². The summed E-state index contributed by atoms with van der Waals surface area (Å²) in [6, 6.07) is 24.0. The first-order valence-corrected chi connectivity index (χ1v) is 8.39. The van der Waals surface area contributed by atoms with Crippen LogP contribution in [0.1, 0.15) is 10.4 Å². The zero-order chi connectivity index (χ0) is 17.5. The van der Waals surface area contributed by atoms with Gasteiger partial charge in [-0.1, -0.05) is 54.6 Å². The quantitative estimate of drug-likeness (QED) is 0.204. The van der Waals surface area contributed by atoms with E-state index in [1.807, 2.05) is 36.4 Å². The number of esters is 1. The summed E-state index contributed by atoms with van der Waals surface area (Å²) in [4.78, 5) is 12.2. The number of fused-ring (bicyclic) bond motifs is 6. The number of carbonyl (C=O) groups excluding carboxylic acids is 1. The SMILES string of the molecule is Cl.O=C(Oc1ccc2c3ccccc3c3ccccc3c2c1)c1ccoc1. The van der Waals surface area contributed by atoms with Crippen LogP contribution in [0.3, 0.4) is 0 Å². The summed E-state index contributed by atoms with van der Waals surface area (Å²) in [7, 11) is 0. The van der Waals surface area contributed by atoms with Crippen molar-refractivity contribution in [3.05, 3.63) is 90.9 Å². The zero-order valence-electron chi connectivity index (χ0n) is 14.2. The molecule has 4 heteroatoms. The second-order valence-corrected chi connectivity index (χ2v) is 6.20. The Morgan fingerprint density at radius 3 is 1.81 bits per heavy atom. The molecule has 0 aliphatic carbocycles. The third kappa shape index (κ3) is 2.82. The van der Waals surface area contributed by atoms with Crippen LogP contribution in [0.4, 0.5) is 0 Å². The van der Waals surface area contributed by atoms with Crippen LogP contribution in [0.25, 0.3) is 32.3 Å². The molecule has 0 spiro atoms. The van der Waals surface area contributed by atoms with Crippen LogP contribution in [0.15, 0.2) is 89.7 Å². The van der Waals surface area contributed by atoms with Crippen LogP contribution >= 0.6 is 12.4 Å². The van der Waals surface area contributed by atoms with Gasteiger partial charge in [-0.15, -0.1) is 12.4 Å². The standard InChI is InChI=1S/C23H14O3.ClH/c24-23(15-11-12-25-14-15)26-16-9-10-21-19-7-2-1-5-17(19)18-6-3-4-8-20(18)22(21)13-16;/h1-14H;1H. The second-order valence-electron chi connectivity index (χ2n) is 6.20. The molecule has 0 radical (unpaired) electrons. The fourth-order valence-corrected chi connectivity index (χ4v) is 3.50. The number of ether oxygens (including phenoxy) is 1. The maximum Gasteiger partial charge on any atom is 0.346 e. The summed E-state index contributed by atoms with van der Waals surface area (Å²) in [5.74, 6) is 0.0901. The molecule has 0 aliphatic heterocycles. The van der Waals surface area contributed by atoms with Crippen molar-refractivity contribution in [2.75, 3.05) is 0 Å². The summed E-state index contributed by atoms with van der Waals surface area (Å²) in [5.41, 5.74) is 0.397. The van der Waals surface area contributed by atoms with E-state index >= 15 is 0 Å². The van der Waals surface area contributed by atoms with Crippen molar-refractivity contribution in [1.82, 2.24) is 0 Å². The minimum Gasteiger partial charge on any atom is -0.472 e. The Morgan fingerprint density at radius 2 is 1.26 bits per heavy atom. The summed E-state index contributed by atoms with van der Waals surface area (Å²) in [6.07, 6.45) is 2.84. The van der Waals surface area contributed by atoms with E-state index in [1.54, 1.807) is 6.07 Å². The maximum absolute atomic E-state index is 12.2. The molecule has 0 amide bonds. The molecule has 0 saturated carbocycles. The highest BCUT2D eigenvalue weighted by Gasteiger charge is 2.12. The molecule has 132 valence electrons. The van der Waals surface area contributed by atoms with Crippen molar-refractivity contribution < 1.29 is 13.9 Å². The first-order chi connectivity index (χ1) is 12.8. The van der Waals surface area contributed by atoms with Crippen LogP contribution in [0.5, 0.6) is 5.75 Å². The highest BCUT2D eigenvalue weighted by atomic mass is 35.5. The lowest BCUT2D eigenvalue weighted by molar-refractivity contribution is 0.0734. The second kappa shape index (κ2) is 6.78. The number of benzene rings is 4. The fourth-order valence-electron chi connectivity index (χ4n) is 3.50. The number of hydrogen-bond donors (Lipinski definition) is 0. The van der Waals surface area contributed by atoms with Gasteiger partial charge in [0.1, 0.15) is 12.0 Å². The van der Waals surface area contributed by atoms with Crippen molar-refractivity contribution in [3.63, 3.8) is 0 Å². The summed E-state index contributed by atoms with van der Waals surface area (Å²) < 4.78 is 10.5. The van der Waals surface area contributed by atoms with Crippen molar-refractivity contribution in [1.29, 1.82) is 0 Å². The molecule has 0 aliphatic rings. The van der Waals surface area contributed by atoms with Crippen LogP contribution in [0, 0.1) is 0 Å². The molecule has 4 aromatic carbocycles. The van der Waals surface area contributed by atoms with Crippen molar-refractivity contribution in [3.8, 4) is 5.75 Å². The van der Waals surface area contributed by atoms with Gasteiger partial charge in [-0.2, -0.15) is 0 Å². The monoisotopic (exact) mass is 374 g/mol. The van der Waals surface area contributed by atoms with Gasteiger partial charge in [0, 0.05) is 0 Å². The normalized spacial score (nSPS) is 10.8. The number of rotatable bonds is 2. The molecule has 1 heterocycles. The molecule has 1 aromatic heterocycles. The average molecular weight is 375 g/mol. The lowest BCUT2D eigenvalue weighted by atomic mass is 9.94. The fraction of sp³-hybridized carbons (Fsp3) is 0. The van der Waals surface area contributed by atoms with Crippen LogP contribution in [-0.4, -0.2) is 5.97 Å². The topological polar surface area (TPSA) is 39.4 Å². The van der Waals surface area contributed by atoms with E-state index in [4.69, 9.17) is 9.15 Å². The van der Waals surface area contributed by atoms with Gasteiger partial charge in [0.05, 0.1) is 11.8 Å².